The van der Waals surface area contributed by atoms with Crippen LogP contribution in [0.5, 0.6) is 0 Å². The van der Waals surface area contributed by atoms with Crippen LogP contribution in [0.1, 0.15) is 12.8 Å². The molecule has 1 heterocycles. The van der Waals surface area contributed by atoms with Crippen LogP contribution in [0.2, 0.25) is 5.02 Å². The predicted molar refractivity (Wildman–Crippen MR) is 102 cm³/mol. The second-order valence-electron chi connectivity index (χ2n) is 6.00. The molecule has 2 aromatic rings. The summed E-state index contributed by atoms with van der Waals surface area (Å²) in [6, 6.07) is 10.7. The Balaban J connectivity index is 0.00000208. The number of hydrogen-bond acceptors (Lipinski definition) is 3. The van der Waals surface area contributed by atoms with Crippen molar-refractivity contribution in [3.05, 3.63) is 41.4 Å². The van der Waals surface area contributed by atoms with Crippen LogP contribution in [0, 0.1) is 5.92 Å². The number of halogens is 2. The van der Waals surface area contributed by atoms with Gasteiger partial charge in [-0.25, -0.2) is 8.42 Å². The smallest absolute Gasteiger partial charge is 0.243 e. The topological polar surface area (TPSA) is 49.4 Å². The lowest BCUT2D eigenvalue weighted by Crippen LogP contribution is -2.40. The van der Waals surface area contributed by atoms with Crippen molar-refractivity contribution in [3.8, 4) is 0 Å². The van der Waals surface area contributed by atoms with Gasteiger partial charge in [0.1, 0.15) is 0 Å². The normalized spacial score (nSPS) is 16.9. The largest absolute Gasteiger partial charge is 0.319 e. The maximum atomic E-state index is 13.0. The summed E-state index contributed by atoms with van der Waals surface area (Å²) in [5, 5.41) is 5.22. The van der Waals surface area contributed by atoms with Gasteiger partial charge in [-0.15, -0.1) is 12.4 Å². The van der Waals surface area contributed by atoms with Gasteiger partial charge in [0.05, 0.1) is 4.90 Å². The second kappa shape index (κ2) is 8.02. The molecule has 132 valence electrons. The fourth-order valence-electron chi connectivity index (χ4n) is 3.24. The van der Waals surface area contributed by atoms with E-state index >= 15 is 0 Å². The Kier molecular flexibility index (Phi) is 6.51. The standard InChI is InChI=1S/C17H21ClN2O2S.ClH/c1-19-12-13-8-10-20(11-9-13)23(21,22)17-7-6-16(18)14-4-2-3-5-15(14)17;/h2-7,13,19H,8-12H2,1H3;1H. The van der Waals surface area contributed by atoms with E-state index in [1.54, 1.807) is 16.4 Å². The summed E-state index contributed by atoms with van der Waals surface area (Å²) in [7, 11) is -1.56. The first-order valence-corrected chi connectivity index (χ1v) is 9.68. The van der Waals surface area contributed by atoms with Crippen LogP contribution >= 0.6 is 24.0 Å². The van der Waals surface area contributed by atoms with Gasteiger partial charge in [-0.05, 0) is 44.5 Å². The zero-order valence-corrected chi connectivity index (χ0v) is 15.9. The van der Waals surface area contributed by atoms with Crippen LogP contribution in [-0.4, -0.2) is 39.4 Å². The van der Waals surface area contributed by atoms with E-state index in [1.807, 2.05) is 31.3 Å². The first kappa shape index (κ1) is 19.5. The number of fused-ring (bicyclic) bond motifs is 1. The summed E-state index contributed by atoms with van der Waals surface area (Å²) in [6.07, 6.45) is 1.79. The van der Waals surface area contributed by atoms with Crippen LogP contribution in [0.25, 0.3) is 10.8 Å². The zero-order valence-electron chi connectivity index (χ0n) is 13.5. The van der Waals surface area contributed by atoms with E-state index in [-0.39, 0.29) is 12.4 Å². The molecule has 4 nitrogen and oxygen atoms in total. The molecule has 0 unspecified atom stereocenters. The zero-order chi connectivity index (χ0) is 16.4. The van der Waals surface area contributed by atoms with Gasteiger partial charge in [-0.3, -0.25) is 0 Å². The number of nitrogens with zero attached hydrogens (tertiary/aromatic N) is 1. The van der Waals surface area contributed by atoms with Crippen molar-refractivity contribution < 1.29 is 8.42 Å². The molecule has 1 N–H and O–H groups in total. The minimum atomic E-state index is -3.49. The average Bonchev–Trinajstić information content (AvgIpc) is 2.56. The monoisotopic (exact) mass is 388 g/mol. The molecule has 0 aromatic heterocycles. The van der Waals surface area contributed by atoms with E-state index in [4.69, 9.17) is 11.6 Å². The fourth-order valence-corrected chi connectivity index (χ4v) is 5.13. The van der Waals surface area contributed by atoms with E-state index in [2.05, 4.69) is 5.32 Å². The Morgan fingerprint density at radius 3 is 2.38 bits per heavy atom. The van der Waals surface area contributed by atoms with Crippen molar-refractivity contribution in [1.29, 1.82) is 0 Å². The molecule has 1 aliphatic heterocycles. The van der Waals surface area contributed by atoms with Crippen LogP contribution in [0.3, 0.4) is 0 Å². The molecular weight excluding hydrogens is 367 g/mol. The van der Waals surface area contributed by atoms with Crippen molar-refractivity contribution >= 4 is 44.8 Å². The number of benzene rings is 2. The van der Waals surface area contributed by atoms with E-state index in [0.29, 0.717) is 34.3 Å². The van der Waals surface area contributed by atoms with Crippen molar-refractivity contribution in [2.45, 2.75) is 17.7 Å². The first-order chi connectivity index (χ1) is 11.0. The van der Waals surface area contributed by atoms with Crippen molar-refractivity contribution in [1.82, 2.24) is 9.62 Å². The van der Waals surface area contributed by atoms with Gasteiger partial charge >= 0.3 is 0 Å². The average molecular weight is 389 g/mol. The summed E-state index contributed by atoms with van der Waals surface area (Å²) in [4.78, 5) is 0.351. The highest BCUT2D eigenvalue weighted by Gasteiger charge is 2.30. The van der Waals surface area contributed by atoms with E-state index in [9.17, 15) is 8.42 Å². The third-order valence-electron chi connectivity index (χ3n) is 4.51. The van der Waals surface area contributed by atoms with E-state index in [0.717, 1.165) is 24.8 Å². The van der Waals surface area contributed by atoms with E-state index < -0.39 is 10.0 Å². The van der Waals surface area contributed by atoms with Gasteiger partial charge in [0.2, 0.25) is 10.0 Å². The molecule has 24 heavy (non-hydrogen) atoms. The predicted octanol–water partition coefficient (Wildman–Crippen LogP) is 3.54. The van der Waals surface area contributed by atoms with Gasteiger partial charge in [0.15, 0.2) is 0 Å². The highest BCUT2D eigenvalue weighted by atomic mass is 35.5. The molecule has 0 aliphatic carbocycles. The van der Waals surface area contributed by atoms with Gasteiger partial charge in [0, 0.05) is 28.9 Å². The highest BCUT2D eigenvalue weighted by Crippen LogP contribution is 2.32. The maximum absolute atomic E-state index is 13.0. The minimum absolute atomic E-state index is 0. The molecular formula is C17H22Cl2N2O2S. The molecule has 0 bridgehead atoms. The van der Waals surface area contributed by atoms with Crippen molar-refractivity contribution in [2.24, 2.45) is 5.92 Å². The first-order valence-electron chi connectivity index (χ1n) is 7.86. The second-order valence-corrected chi connectivity index (χ2v) is 8.31. The molecule has 0 amide bonds. The summed E-state index contributed by atoms with van der Waals surface area (Å²) >= 11 is 6.20. The molecule has 0 saturated carbocycles. The van der Waals surface area contributed by atoms with E-state index in [1.165, 1.54) is 0 Å². The maximum Gasteiger partial charge on any atom is 0.243 e. The lowest BCUT2D eigenvalue weighted by Gasteiger charge is -2.31. The summed E-state index contributed by atoms with van der Waals surface area (Å²) in [5.74, 6) is 0.549. The van der Waals surface area contributed by atoms with Gasteiger partial charge in [0.25, 0.3) is 0 Å². The summed E-state index contributed by atoms with van der Waals surface area (Å²) in [6.45, 7) is 2.09. The summed E-state index contributed by atoms with van der Waals surface area (Å²) in [5.41, 5.74) is 0. The van der Waals surface area contributed by atoms with Crippen LogP contribution in [-0.2, 0) is 10.0 Å². The molecule has 0 atom stereocenters. The number of hydrogen-bond donors (Lipinski definition) is 1. The van der Waals surface area contributed by atoms with Crippen LogP contribution in [0.4, 0.5) is 0 Å². The molecule has 1 fully saturated rings. The van der Waals surface area contributed by atoms with Gasteiger partial charge in [-0.2, -0.15) is 4.31 Å². The molecule has 0 spiro atoms. The number of rotatable bonds is 4. The Bertz CT molecular complexity index is 803. The van der Waals surface area contributed by atoms with Gasteiger partial charge in [-0.1, -0.05) is 35.9 Å². The Hall–Kier alpha value is -0.850. The lowest BCUT2D eigenvalue weighted by atomic mass is 9.98. The molecule has 1 saturated heterocycles. The Morgan fingerprint density at radius 2 is 1.75 bits per heavy atom. The Morgan fingerprint density at radius 1 is 1.12 bits per heavy atom. The SMILES string of the molecule is CNCC1CCN(S(=O)(=O)c2ccc(Cl)c3ccccc23)CC1.Cl. The molecule has 0 radical (unpaired) electrons. The molecule has 3 rings (SSSR count). The quantitative estimate of drug-likeness (QED) is 0.870. The molecule has 2 aromatic carbocycles. The van der Waals surface area contributed by atoms with Crippen LogP contribution in [0.15, 0.2) is 41.3 Å². The third-order valence-corrected chi connectivity index (χ3v) is 6.80. The summed E-state index contributed by atoms with van der Waals surface area (Å²) < 4.78 is 27.7. The number of sulfonamides is 1. The van der Waals surface area contributed by atoms with Crippen LogP contribution < -0.4 is 5.32 Å². The number of piperidine rings is 1. The molecule has 7 heteroatoms. The van der Waals surface area contributed by atoms with Crippen molar-refractivity contribution in [3.63, 3.8) is 0 Å². The highest BCUT2D eigenvalue weighted by molar-refractivity contribution is 7.89. The van der Waals surface area contributed by atoms with Gasteiger partial charge < -0.3 is 5.32 Å². The third kappa shape index (κ3) is 3.70. The lowest BCUT2D eigenvalue weighted by molar-refractivity contribution is 0.271. The minimum Gasteiger partial charge on any atom is -0.319 e. The Labute approximate surface area is 154 Å². The number of nitrogens with one attached hydrogen (secondary N) is 1. The molecule has 1 aliphatic rings. The fraction of sp³-hybridized carbons (Fsp3) is 0.412. The van der Waals surface area contributed by atoms with Crippen molar-refractivity contribution in [2.75, 3.05) is 26.7 Å².